The molecule has 0 aromatic heterocycles. The Bertz CT molecular complexity index is 326. The lowest BCUT2D eigenvalue weighted by molar-refractivity contribution is 0.0696. The molecule has 0 saturated heterocycles. The van der Waals surface area contributed by atoms with Crippen LogP contribution in [0.1, 0.15) is 29.8 Å². The van der Waals surface area contributed by atoms with Crippen molar-refractivity contribution >= 4 is 5.97 Å². The molecular formula is C10H11FO2. The number of carboxylic acid groups (broad SMARTS) is 1. The minimum Gasteiger partial charge on any atom is -0.478 e. The monoisotopic (exact) mass is 182 g/mol. The Labute approximate surface area is 76.0 Å². The first-order valence-electron chi connectivity index (χ1n) is 3.94. The molecule has 0 radical (unpaired) electrons. The van der Waals surface area contributed by atoms with Crippen molar-refractivity contribution in [2.45, 2.75) is 19.5 Å². The Balaban J connectivity index is 3.13. The summed E-state index contributed by atoms with van der Waals surface area (Å²) >= 11 is 0. The van der Waals surface area contributed by atoms with E-state index in [0.717, 1.165) is 0 Å². The van der Waals surface area contributed by atoms with E-state index in [1.54, 1.807) is 12.1 Å². The van der Waals surface area contributed by atoms with Gasteiger partial charge in [-0.1, -0.05) is 12.1 Å². The van der Waals surface area contributed by atoms with Gasteiger partial charge in [0.25, 0.3) is 0 Å². The van der Waals surface area contributed by atoms with Crippen molar-refractivity contribution in [3.05, 3.63) is 35.4 Å². The zero-order chi connectivity index (χ0) is 10.1. The van der Waals surface area contributed by atoms with Crippen molar-refractivity contribution in [2.75, 3.05) is 0 Å². The maximum absolute atomic E-state index is 13.4. The second-order valence-corrected chi connectivity index (χ2v) is 3.36. The van der Waals surface area contributed by atoms with Gasteiger partial charge < -0.3 is 5.11 Å². The molecule has 0 saturated carbocycles. The van der Waals surface area contributed by atoms with Crippen LogP contribution in [0.3, 0.4) is 0 Å². The van der Waals surface area contributed by atoms with Crippen LogP contribution < -0.4 is 0 Å². The summed E-state index contributed by atoms with van der Waals surface area (Å²) in [6, 6.07) is 5.91. The minimum atomic E-state index is -1.49. The molecule has 0 aliphatic heterocycles. The zero-order valence-electron chi connectivity index (χ0n) is 7.54. The molecule has 1 aromatic carbocycles. The van der Waals surface area contributed by atoms with Gasteiger partial charge in [0, 0.05) is 0 Å². The maximum Gasteiger partial charge on any atom is 0.335 e. The molecular weight excluding hydrogens is 171 g/mol. The van der Waals surface area contributed by atoms with Crippen molar-refractivity contribution in [3.63, 3.8) is 0 Å². The van der Waals surface area contributed by atoms with Crippen molar-refractivity contribution in [1.82, 2.24) is 0 Å². The van der Waals surface area contributed by atoms with E-state index in [-0.39, 0.29) is 5.56 Å². The third kappa shape index (κ3) is 2.28. The van der Waals surface area contributed by atoms with Crippen LogP contribution in [0, 0.1) is 0 Å². The third-order valence-electron chi connectivity index (χ3n) is 1.80. The predicted molar refractivity (Wildman–Crippen MR) is 47.5 cm³/mol. The summed E-state index contributed by atoms with van der Waals surface area (Å²) in [6.07, 6.45) is 0. The lowest BCUT2D eigenvalue weighted by Gasteiger charge is -2.14. The smallest absolute Gasteiger partial charge is 0.335 e. The molecule has 70 valence electrons. The summed E-state index contributed by atoms with van der Waals surface area (Å²) in [5.74, 6) is -1.04. The summed E-state index contributed by atoms with van der Waals surface area (Å²) in [5, 5.41) is 8.65. The molecule has 1 aromatic rings. The quantitative estimate of drug-likeness (QED) is 0.763. The topological polar surface area (TPSA) is 37.3 Å². The number of alkyl halides is 1. The van der Waals surface area contributed by atoms with Crippen LogP contribution in [0.25, 0.3) is 0 Å². The van der Waals surface area contributed by atoms with Gasteiger partial charge in [-0.15, -0.1) is 0 Å². The van der Waals surface area contributed by atoms with Crippen LogP contribution in [-0.2, 0) is 5.67 Å². The Kier molecular flexibility index (Phi) is 2.36. The van der Waals surface area contributed by atoms with E-state index in [2.05, 4.69) is 0 Å². The van der Waals surface area contributed by atoms with Gasteiger partial charge in [-0.3, -0.25) is 0 Å². The van der Waals surface area contributed by atoms with E-state index in [1.807, 2.05) is 0 Å². The van der Waals surface area contributed by atoms with Gasteiger partial charge in [0.1, 0.15) is 5.67 Å². The molecule has 3 heteroatoms. The fraction of sp³-hybridized carbons (Fsp3) is 0.300. The van der Waals surface area contributed by atoms with Crippen LogP contribution in [-0.4, -0.2) is 11.1 Å². The van der Waals surface area contributed by atoms with E-state index < -0.39 is 11.6 Å². The van der Waals surface area contributed by atoms with E-state index in [4.69, 9.17) is 5.11 Å². The Morgan fingerprint density at radius 2 is 2.08 bits per heavy atom. The third-order valence-corrected chi connectivity index (χ3v) is 1.80. The normalized spacial score (nSPS) is 11.3. The molecule has 0 aliphatic rings. The SMILES string of the molecule is CC(C)(F)c1cccc(C(=O)O)c1. The second-order valence-electron chi connectivity index (χ2n) is 3.36. The molecule has 1 rings (SSSR count). The van der Waals surface area contributed by atoms with Crippen LogP contribution in [0.15, 0.2) is 24.3 Å². The number of halogens is 1. The molecule has 0 atom stereocenters. The highest BCUT2D eigenvalue weighted by Crippen LogP contribution is 2.24. The Morgan fingerprint density at radius 1 is 1.46 bits per heavy atom. The largest absolute Gasteiger partial charge is 0.478 e. The number of hydrogen-bond acceptors (Lipinski definition) is 1. The van der Waals surface area contributed by atoms with Crippen LogP contribution in [0.2, 0.25) is 0 Å². The van der Waals surface area contributed by atoms with E-state index in [9.17, 15) is 9.18 Å². The predicted octanol–water partition coefficient (Wildman–Crippen LogP) is 2.59. The summed E-state index contributed by atoms with van der Waals surface area (Å²) in [6.45, 7) is 2.79. The van der Waals surface area contributed by atoms with Gasteiger partial charge in [-0.2, -0.15) is 0 Å². The van der Waals surface area contributed by atoms with Gasteiger partial charge >= 0.3 is 5.97 Å². The van der Waals surface area contributed by atoms with Crippen molar-refractivity contribution in [2.24, 2.45) is 0 Å². The standard InChI is InChI=1S/C10H11FO2/c1-10(2,11)8-5-3-4-7(6-8)9(12)13/h3-6H,1-2H3,(H,12,13). The first-order valence-corrected chi connectivity index (χ1v) is 3.94. The van der Waals surface area contributed by atoms with E-state index in [1.165, 1.54) is 26.0 Å². The van der Waals surface area contributed by atoms with E-state index in [0.29, 0.717) is 5.56 Å². The van der Waals surface area contributed by atoms with Gasteiger partial charge in [-0.05, 0) is 31.5 Å². The van der Waals surface area contributed by atoms with Gasteiger partial charge in [0.2, 0.25) is 0 Å². The molecule has 2 nitrogen and oxygen atoms in total. The number of carboxylic acids is 1. The molecule has 0 spiro atoms. The average molecular weight is 182 g/mol. The zero-order valence-corrected chi connectivity index (χ0v) is 7.54. The Morgan fingerprint density at radius 3 is 2.54 bits per heavy atom. The number of aromatic carboxylic acids is 1. The van der Waals surface area contributed by atoms with Gasteiger partial charge in [0.15, 0.2) is 0 Å². The maximum atomic E-state index is 13.4. The lowest BCUT2D eigenvalue weighted by atomic mass is 9.98. The minimum absolute atomic E-state index is 0.114. The molecule has 0 unspecified atom stereocenters. The molecule has 0 bridgehead atoms. The van der Waals surface area contributed by atoms with Crippen molar-refractivity contribution in [3.8, 4) is 0 Å². The molecule has 13 heavy (non-hydrogen) atoms. The molecule has 0 aliphatic carbocycles. The highest BCUT2D eigenvalue weighted by molar-refractivity contribution is 5.87. The summed E-state index contributed by atoms with van der Waals surface area (Å²) in [7, 11) is 0. The average Bonchev–Trinajstić information content (AvgIpc) is 2.03. The molecule has 1 N–H and O–H groups in total. The highest BCUT2D eigenvalue weighted by Gasteiger charge is 2.19. The summed E-state index contributed by atoms with van der Waals surface area (Å²) in [5.41, 5.74) is -0.999. The first kappa shape index (κ1) is 9.71. The number of rotatable bonds is 2. The number of benzene rings is 1. The molecule has 0 fully saturated rings. The number of hydrogen-bond donors (Lipinski definition) is 1. The summed E-state index contributed by atoms with van der Waals surface area (Å²) in [4.78, 5) is 10.6. The van der Waals surface area contributed by atoms with E-state index >= 15 is 0 Å². The second kappa shape index (κ2) is 3.17. The van der Waals surface area contributed by atoms with Crippen molar-refractivity contribution < 1.29 is 14.3 Å². The molecule has 0 heterocycles. The lowest BCUT2D eigenvalue weighted by Crippen LogP contribution is -2.10. The first-order chi connectivity index (χ1) is 5.91. The van der Waals surface area contributed by atoms with Crippen LogP contribution in [0.4, 0.5) is 4.39 Å². The fourth-order valence-electron chi connectivity index (χ4n) is 1.02. The molecule has 0 amide bonds. The summed E-state index contributed by atoms with van der Waals surface area (Å²) < 4.78 is 13.4. The van der Waals surface area contributed by atoms with Crippen molar-refractivity contribution in [1.29, 1.82) is 0 Å². The van der Waals surface area contributed by atoms with Crippen LogP contribution in [0.5, 0.6) is 0 Å². The van der Waals surface area contributed by atoms with Gasteiger partial charge in [0.05, 0.1) is 5.56 Å². The fourth-order valence-corrected chi connectivity index (χ4v) is 1.02. The number of carbonyl (C=O) groups is 1. The Hall–Kier alpha value is -1.38. The van der Waals surface area contributed by atoms with Gasteiger partial charge in [-0.25, -0.2) is 9.18 Å². The highest BCUT2D eigenvalue weighted by atomic mass is 19.1. The van der Waals surface area contributed by atoms with Crippen LogP contribution >= 0.6 is 0 Å².